The lowest BCUT2D eigenvalue weighted by molar-refractivity contribution is 1.47. The smallest absolute Gasteiger partial charge is 0.0518 e. The van der Waals surface area contributed by atoms with Gasteiger partial charge in [-0.25, -0.2) is 0 Å². The molecule has 0 amide bonds. The molecule has 0 N–H and O–H groups in total. The van der Waals surface area contributed by atoms with Gasteiger partial charge in [-0.1, -0.05) is 24.3 Å². The van der Waals surface area contributed by atoms with Crippen molar-refractivity contribution in [3.63, 3.8) is 0 Å². The molecule has 0 unspecified atom stereocenters. The summed E-state index contributed by atoms with van der Waals surface area (Å²) in [6.45, 7) is 0. The fourth-order valence-corrected chi connectivity index (χ4v) is 1.82. The van der Waals surface area contributed by atoms with Crippen LogP contribution in [0.2, 0.25) is 0 Å². The molecule has 0 aliphatic carbocycles. The van der Waals surface area contributed by atoms with Crippen LogP contribution in [-0.2, 0) is 0 Å². The van der Waals surface area contributed by atoms with Gasteiger partial charge in [-0.05, 0) is 24.1 Å². The van der Waals surface area contributed by atoms with Gasteiger partial charge in [0.25, 0.3) is 0 Å². The van der Waals surface area contributed by atoms with Gasteiger partial charge in [-0.3, -0.25) is 4.31 Å². The van der Waals surface area contributed by atoms with Crippen LogP contribution in [0.15, 0.2) is 42.6 Å². The molecular weight excluding hydrogens is 154 g/mol. The monoisotopic (exact) mass is 163 g/mol. The Kier molecular flexibility index (Phi) is 1.86. The lowest BCUT2D eigenvalue weighted by Gasteiger charge is -2.12. The topological polar surface area (TPSA) is 3.24 Å². The third-order valence-electron chi connectivity index (χ3n) is 1.56. The summed E-state index contributed by atoms with van der Waals surface area (Å²) < 4.78 is 2.18. The highest BCUT2D eigenvalue weighted by molar-refractivity contribution is 8.01. The highest BCUT2D eigenvalue weighted by atomic mass is 32.2. The summed E-state index contributed by atoms with van der Waals surface area (Å²) in [5.74, 6) is 1.09. The van der Waals surface area contributed by atoms with Crippen molar-refractivity contribution in [3.05, 3.63) is 42.6 Å². The Morgan fingerprint density at radius 3 is 2.64 bits per heavy atom. The zero-order chi connectivity index (χ0) is 7.52. The van der Waals surface area contributed by atoms with E-state index in [1.807, 2.05) is 18.0 Å². The van der Waals surface area contributed by atoms with E-state index in [1.165, 1.54) is 5.69 Å². The first kappa shape index (κ1) is 6.80. The summed E-state index contributed by atoms with van der Waals surface area (Å²) >= 11 is 1.82. The minimum absolute atomic E-state index is 1.09. The maximum atomic E-state index is 2.18. The van der Waals surface area contributed by atoms with E-state index in [9.17, 15) is 0 Å². The molecule has 1 aromatic rings. The predicted octanol–water partition coefficient (Wildman–Crippen LogP) is 2.67. The summed E-state index contributed by atoms with van der Waals surface area (Å²) in [4.78, 5) is 0. The Hall–Kier alpha value is -0.890. The van der Waals surface area contributed by atoms with Crippen molar-refractivity contribution in [2.24, 2.45) is 0 Å². The molecule has 0 radical (unpaired) electrons. The molecule has 0 saturated carbocycles. The maximum absolute atomic E-state index is 2.18. The molecule has 0 fully saturated rings. The molecular formula is C9H9NS. The average Bonchev–Trinajstić information content (AvgIpc) is 2.58. The molecule has 1 heterocycles. The minimum atomic E-state index is 1.09. The molecule has 0 spiro atoms. The first-order chi connectivity index (χ1) is 5.47. The van der Waals surface area contributed by atoms with Crippen LogP contribution in [0.1, 0.15) is 0 Å². The Bertz CT molecular complexity index is 256. The number of nitrogens with zero attached hydrogens (tertiary/aromatic N) is 1. The first-order valence-corrected chi connectivity index (χ1v) is 4.55. The van der Waals surface area contributed by atoms with Crippen LogP contribution in [0.5, 0.6) is 0 Å². The van der Waals surface area contributed by atoms with Gasteiger partial charge in [0.05, 0.1) is 5.69 Å². The summed E-state index contributed by atoms with van der Waals surface area (Å²) in [6.07, 6.45) is 4.28. The standard InChI is InChI=1S/C9H9NS/c1-2-5-9(6-3-1)10-7-4-8-11-10/h1-7H,8H2. The lowest BCUT2D eigenvalue weighted by Crippen LogP contribution is -1.99. The van der Waals surface area contributed by atoms with Crippen LogP contribution in [0.25, 0.3) is 0 Å². The molecule has 0 bridgehead atoms. The van der Waals surface area contributed by atoms with Gasteiger partial charge >= 0.3 is 0 Å². The van der Waals surface area contributed by atoms with Gasteiger partial charge in [0.15, 0.2) is 0 Å². The molecule has 1 aromatic carbocycles. The highest BCUT2D eigenvalue weighted by Gasteiger charge is 2.05. The van der Waals surface area contributed by atoms with Crippen molar-refractivity contribution < 1.29 is 0 Å². The number of rotatable bonds is 1. The molecule has 0 aromatic heterocycles. The molecule has 11 heavy (non-hydrogen) atoms. The third-order valence-corrected chi connectivity index (χ3v) is 2.51. The molecule has 2 rings (SSSR count). The number of benzene rings is 1. The van der Waals surface area contributed by atoms with E-state index < -0.39 is 0 Å². The van der Waals surface area contributed by atoms with Crippen molar-refractivity contribution in [1.29, 1.82) is 0 Å². The predicted molar refractivity (Wildman–Crippen MR) is 50.5 cm³/mol. The fourth-order valence-electron chi connectivity index (χ4n) is 1.04. The number of para-hydroxylation sites is 1. The lowest BCUT2D eigenvalue weighted by atomic mass is 10.3. The number of hydrogen-bond donors (Lipinski definition) is 0. The van der Waals surface area contributed by atoms with Gasteiger partial charge in [0.2, 0.25) is 0 Å². The summed E-state index contributed by atoms with van der Waals surface area (Å²) in [5.41, 5.74) is 1.26. The molecule has 2 heteroatoms. The second kappa shape index (κ2) is 3.01. The van der Waals surface area contributed by atoms with Crippen molar-refractivity contribution in [2.75, 3.05) is 10.1 Å². The van der Waals surface area contributed by atoms with E-state index in [-0.39, 0.29) is 0 Å². The zero-order valence-electron chi connectivity index (χ0n) is 6.10. The van der Waals surface area contributed by atoms with E-state index in [0.29, 0.717) is 0 Å². The third kappa shape index (κ3) is 1.40. The second-order valence-corrected chi connectivity index (χ2v) is 3.33. The van der Waals surface area contributed by atoms with Gasteiger partial charge in [0, 0.05) is 12.0 Å². The van der Waals surface area contributed by atoms with Crippen LogP contribution in [0, 0.1) is 0 Å². The van der Waals surface area contributed by atoms with Crippen molar-refractivity contribution in [3.8, 4) is 0 Å². The zero-order valence-corrected chi connectivity index (χ0v) is 6.92. The molecule has 0 atom stereocenters. The van der Waals surface area contributed by atoms with Crippen molar-refractivity contribution in [2.45, 2.75) is 0 Å². The second-order valence-electron chi connectivity index (χ2n) is 2.34. The quantitative estimate of drug-likeness (QED) is 0.585. The van der Waals surface area contributed by atoms with Crippen molar-refractivity contribution >= 4 is 17.6 Å². The van der Waals surface area contributed by atoms with Crippen molar-refractivity contribution in [1.82, 2.24) is 0 Å². The van der Waals surface area contributed by atoms with Gasteiger partial charge in [0.1, 0.15) is 0 Å². The Morgan fingerprint density at radius 2 is 2.00 bits per heavy atom. The Morgan fingerprint density at radius 1 is 1.18 bits per heavy atom. The van der Waals surface area contributed by atoms with E-state index in [4.69, 9.17) is 0 Å². The van der Waals surface area contributed by atoms with Crippen LogP contribution in [-0.4, -0.2) is 5.75 Å². The summed E-state index contributed by atoms with van der Waals surface area (Å²) in [5, 5.41) is 0. The minimum Gasteiger partial charge on any atom is -0.292 e. The van der Waals surface area contributed by atoms with E-state index in [1.54, 1.807) is 0 Å². The van der Waals surface area contributed by atoms with Gasteiger partial charge in [-0.15, -0.1) is 0 Å². The van der Waals surface area contributed by atoms with Crippen LogP contribution >= 0.6 is 11.9 Å². The van der Waals surface area contributed by atoms with Gasteiger partial charge in [-0.2, -0.15) is 0 Å². The fraction of sp³-hybridized carbons (Fsp3) is 0.111. The van der Waals surface area contributed by atoms with Gasteiger partial charge < -0.3 is 0 Å². The van der Waals surface area contributed by atoms with Crippen LogP contribution in [0.3, 0.4) is 0 Å². The SMILES string of the molecule is C1=CN(c2ccccc2)SC1. The Labute approximate surface area is 70.8 Å². The average molecular weight is 163 g/mol. The molecule has 56 valence electrons. The van der Waals surface area contributed by atoms with Crippen LogP contribution in [0.4, 0.5) is 5.69 Å². The van der Waals surface area contributed by atoms with E-state index >= 15 is 0 Å². The van der Waals surface area contributed by atoms with E-state index in [0.717, 1.165) is 5.75 Å². The Balaban J connectivity index is 2.23. The van der Waals surface area contributed by atoms with E-state index in [2.05, 4.69) is 40.8 Å². The summed E-state index contributed by atoms with van der Waals surface area (Å²) in [7, 11) is 0. The molecule has 1 aliphatic heterocycles. The normalized spacial score (nSPS) is 15.8. The largest absolute Gasteiger partial charge is 0.292 e. The first-order valence-electron chi connectivity index (χ1n) is 3.61. The maximum Gasteiger partial charge on any atom is 0.0518 e. The summed E-state index contributed by atoms with van der Waals surface area (Å²) in [6, 6.07) is 10.4. The number of anilines is 1. The highest BCUT2D eigenvalue weighted by Crippen LogP contribution is 2.26. The molecule has 1 nitrogen and oxygen atoms in total. The van der Waals surface area contributed by atoms with Crippen LogP contribution < -0.4 is 4.31 Å². The molecule has 0 saturated heterocycles. The number of hydrogen-bond acceptors (Lipinski definition) is 2. The molecule has 1 aliphatic rings.